The van der Waals surface area contributed by atoms with E-state index >= 15 is 0 Å². The average molecular weight is 287 g/mol. The van der Waals surface area contributed by atoms with Gasteiger partial charge in [-0.2, -0.15) is 0 Å². The Balaban J connectivity index is 2.32. The number of pyridine rings is 1. The molecule has 0 radical (unpaired) electrons. The predicted octanol–water partition coefficient (Wildman–Crippen LogP) is 2.36. The molecule has 4 nitrogen and oxygen atoms in total. The number of aromatic nitrogens is 1. The highest BCUT2D eigenvalue weighted by Gasteiger charge is 2.12. The van der Waals surface area contributed by atoms with Gasteiger partial charge in [0.05, 0.1) is 25.0 Å². The molecule has 0 aliphatic heterocycles. The zero-order valence-corrected chi connectivity index (χ0v) is 12.4. The van der Waals surface area contributed by atoms with Crippen LogP contribution in [0.1, 0.15) is 11.3 Å². The summed E-state index contributed by atoms with van der Waals surface area (Å²) >= 11 is 5.11. The van der Waals surface area contributed by atoms with E-state index < -0.39 is 0 Å². The Hall–Kier alpha value is -2.14. The number of hydrogen-bond acceptors (Lipinski definition) is 4. The highest BCUT2D eigenvalue weighted by Crippen LogP contribution is 2.26. The van der Waals surface area contributed by atoms with Crippen molar-refractivity contribution in [3.05, 3.63) is 53.9 Å². The molecule has 0 atom stereocenters. The summed E-state index contributed by atoms with van der Waals surface area (Å²) in [6.45, 7) is 0.670. The van der Waals surface area contributed by atoms with Crippen molar-refractivity contribution in [3.8, 4) is 5.75 Å². The van der Waals surface area contributed by atoms with Gasteiger partial charge in [0.2, 0.25) is 0 Å². The molecular weight excluding hydrogens is 270 g/mol. The minimum atomic E-state index is 0.371. The largest absolute Gasteiger partial charge is 0.497 e. The molecule has 0 unspecified atom stereocenters. The fraction of sp³-hybridized carbons (Fsp3) is 0.200. The molecule has 0 fully saturated rings. The van der Waals surface area contributed by atoms with E-state index in [0.717, 1.165) is 22.7 Å². The first-order valence-electron chi connectivity index (χ1n) is 6.20. The van der Waals surface area contributed by atoms with Crippen LogP contribution in [0.3, 0.4) is 0 Å². The second kappa shape index (κ2) is 6.34. The van der Waals surface area contributed by atoms with E-state index in [1.807, 2.05) is 43.4 Å². The fourth-order valence-electron chi connectivity index (χ4n) is 1.98. The van der Waals surface area contributed by atoms with E-state index in [9.17, 15) is 0 Å². The van der Waals surface area contributed by atoms with Crippen molar-refractivity contribution in [1.82, 2.24) is 4.98 Å². The van der Waals surface area contributed by atoms with Crippen molar-refractivity contribution in [2.75, 3.05) is 19.1 Å². The normalized spacial score (nSPS) is 10.1. The van der Waals surface area contributed by atoms with Gasteiger partial charge < -0.3 is 15.4 Å². The number of anilines is 1. The Morgan fingerprint density at radius 1 is 1.35 bits per heavy atom. The molecule has 1 aromatic heterocycles. The summed E-state index contributed by atoms with van der Waals surface area (Å²) in [6, 6.07) is 11.5. The van der Waals surface area contributed by atoms with Crippen LogP contribution in [0.15, 0.2) is 42.6 Å². The van der Waals surface area contributed by atoms with Crippen LogP contribution in [0.4, 0.5) is 5.69 Å². The third kappa shape index (κ3) is 3.24. The van der Waals surface area contributed by atoms with Gasteiger partial charge in [0.25, 0.3) is 0 Å². The van der Waals surface area contributed by atoms with Crippen LogP contribution in [0.2, 0.25) is 0 Å². The standard InChI is InChI=1S/C15H17N3OS/c1-18(10-11-5-3-4-8-17-11)14-9-12(19-2)6-7-13(14)15(16)20/h3-9H,10H2,1-2H3,(H2,16,20). The molecule has 2 rings (SSSR count). The number of ether oxygens (including phenoxy) is 1. The van der Waals surface area contributed by atoms with Crippen LogP contribution >= 0.6 is 12.2 Å². The first-order valence-corrected chi connectivity index (χ1v) is 6.61. The van der Waals surface area contributed by atoms with E-state index in [0.29, 0.717) is 11.5 Å². The summed E-state index contributed by atoms with van der Waals surface area (Å²) in [5, 5.41) is 0. The van der Waals surface area contributed by atoms with Crippen LogP contribution in [0, 0.1) is 0 Å². The van der Waals surface area contributed by atoms with Gasteiger partial charge in [-0.3, -0.25) is 4.98 Å². The lowest BCUT2D eigenvalue weighted by Gasteiger charge is -2.22. The molecule has 0 spiro atoms. The highest BCUT2D eigenvalue weighted by atomic mass is 32.1. The van der Waals surface area contributed by atoms with Crippen molar-refractivity contribution in [1.29, 1.82) is 0 Å². The maximum absolute atomic E-state index is 5.79. The first kappa shape index (κ1) is 14.3. The quantitative estimate of drug-likeness (QED) is 0.856. The molecule has 104 valence electrons. The van der Waals surface area contributed by atoms with Gasteiger partial charge in [-0.1, -0.05) is 18.3 Å². The summed E-state index contributed by atoms with van der Waals surface area (Å²) in [4.78, 5) is 6.75. The summed E-state index contributed by atoms with van der Waals surface area (Å²) in [7, 11) is 3.61. The Labute approximate surface area is 124 Å². The monoisotopic (exact) mass is 287 g/mol. The number of benzene rings is 1. The second-order valence-corrected chi connectivity index (χ2v) is 4.86. The van der Waals surface area contributed by atoms with Gasteiger partial charge >= 0.3 is 0 Å². The molecule has 1 heterocycles. The number of hydrogen-bond donors (Lipinski definition) is 1. The molecule has 0 bridgehead atoms. The summed E-state index contributed by atoms with van der Waals surface area (Å²) < 4.78 is 5.26. The Morgan fingerprint density at radius 3 is 2.75 bits per heavy atom. The Kier molecular flexibility index (Phi) is 4.53. The second-order valence-electron chi connectivity index (χ2n) is 4.42. The van der Waals surface area contributed by atoms with E-state index in [4.69, 9.17) is 22.7 Å². The van der Waals surface area contributed by atoms with E-state index in [-0.39, 0.29) is 0 Å². The highest BCUT2D eigenvalue weighted by molar-refractivity contribution is 7.80. The molecule has 0 saturated heterocycles. The molecule has 0 aliphatic carbocycles. The van der Waals surface area contributed by atoms with Crippen molar-refractivity contribution >= 4 is 22.9 Å². The van der Waals surface area contributed by atoms with Gasteiger partial charge in [-0.05, 0) is 24.3 Å². The molecule has 0 amide bonds. The zero-order valence-electron chi connectivity index (χ0n) is 11.5. The SMILES string of the molecule is COc1ccc(C(N)=S)c(N(C)Cc2ccccn2)c1. The average Bonchev–Trinajstić information content (AvgIpc) is 2.47. The van der Waals surface area contributed by atoms with Gasteiger partial charge in [-0.15, -0.1) is 0 Å². The van der Waals surface area contributed by atoms with Crippen LogP contribution in [-0.2, 0) is 6.54 Å². The molecule has 2 aromatic rings. The summed E-state index contributed by atoms with van der Waals surface area (Å²) in [5.41, 5.74) is 8.53. The maximum atomic E-state index is 5.79. The van der Waals surface area contributed by atoms with Gasteiger partial charge in [0, 0.05) is 24.9 Å². The predicted molar refractivity (Wildman–Crippen MR) is 85.2 cm³/mol. The number of nitrogens with zero attached hydrogens (tertiary/aromatic N) is 2. The van der Waals surface area contributed by atoms with Crippen LogP contribution in [-0.4, -0.2) is 24.1 Å². The number of rotatable bonds is 5. The van der Waals surface area contributed by atoms with Crippen molar-refractivity contribution < 1.29 is 4.74 Å². The summed E-state index contributed by atoms with van der Waals surface area (Å²) in [6.07, 6.45) is 1.78. The van der Waals surface area contributed by atoms with Gasteiger partial charge in [0.15, 0.2) is 0 Å². The molecular formula is C15H17N3OS. The molecule has 2 N–H and O–H groups in total. The van der Waals surface area contributed by atoms with Crippen LogP contribution < -0.4 is 15.4 Å². The smallest absolute Gasteiger partial charge is 0.120 e. The Bertz CT molecular complexity index is 601. The molecule has 0 aliphatic rings. The number of thiocarbonyl (C=S) groups is 1. The van der Waals surface area contributed by atoms with Gasteiger partial charge in [-0.25, -0.2) is 0 Å². The fourth-order valence-corrected chi connectivity index (χ4v) is 2.16. The zero-order chi connectivity index (χ0) is 14.5. The number of nitrogens with two attached hydrogens (primary N) is 1. The van der Waals surface area contributed by atoms with E-state index in [2.05, 4.69) is 9.88 Å². The van der Waals surface area contributed by atoms with Crippen LogP contribution in [0.5, 0.6) is 5.75 Å². The Morgan fingerprint density at radius 2 is 2.15 bits per heavy atom. The van der Waals surface area contributed by atoms with Crippen LogP contribution in [0.25, 0.3) is 0 Å². The topological polar surface area (TPSA) is 51.4 Å². The minimum Gasteiger partial charge on any atom is -0.497 e. The summed E-state index contributed by atoms with van der Waals surface area (Å²) in [5.74, 6) is 0.771. The van der Waals surface area contributed by atoms with Crippen molar-refractivity contribution in [2.45, 2.75) is 6.54 Å². The lowest BCUT2D eigenvalue weighted by Crippen LogP contribution is -2.22. The first-order chi connectivity index (χ1) is 9.61. The van der Waals surface area contributed by atoms with E-state index in [1.54, 1.807) is 13.3 Å². The molecule has 1 aromatic carbocycles. The lowest BCUT2D eigenvalue weighted by molar-refractivity contribution is 0.415. The third-order valence-electron chi connectivity index (χ3n) is 3.01. The van der Waals surface area contributed by atoms with Gasteiger partial charge in [0.1, 0.15) is 10.7 Å². The van der Waals surface area contributed by atoms with Crippen molar-refractivity contribution in [3.63, 3.8) is 0 Å². The molecule has 5 heteroatoms. The maximum Gasteiger partial charge on any atom is 0.120 e. The number of methoxy groups -OCH3 is 1. The molecule has 0 saturated carbocycles. The van der Waals surface area contributed by atoms with E-state index in [1.165, 1.54) is 0 Å². The van der Waals surface area contributed by atoms with Crippen molar-refractivity contribution in [2.24, 2.45) is 5.73 Å². The lowest BCUT2D eigenvalue weighted by atomic mass is 10.1. The molecule has 20 heavy (non-hydrogen) atoms. The minimum absolute atomic E-state index is 0.371. The third-order valence-corrected chi connectivity index (χ3v) is 3.23.